The van der Waals surface area contributed by atoms with E-state index in [4.69, 9.17) is 17.3 Å². The number of hydrogen-bond acceptors (Lipinski definition) is 2. The average Bonchev–Trinajstić information content (AvgIpc) is 2.16. The molecule has 5 heteroatoms. The summed E-state index contributed by atoms with van der Waals surface area (Å²) in [5.74, 6) is 0.444. The van der Waals surface area contributed by atoms with Crippen molar-refractivity contribution in [1.29, 1.82) is 0 Å². The Bertz CT molecular complexity index is 332. The molecule has 1 aromatic heterocycles. The molecule has 1 aromatic rings. The lowest BCUT2D eigenvalue weighted by Gasteiger charge is -2.08. The fraction of sp³-hybridized carbons (Fsp3) is 0.400. The highest BCUT2D eigenvalue weighted by atomic mass is 35.5. The monoisotopic (exact) mass is 226 g/mol. The number of pyridine rings is 1. The van der Waals surface area contributed by atoms with E-state index < -0.39 is 0 Å². The van der Waals surface area contributed by atoms with Crippen LogP contribution >= 0.6 is 11.6 Å². The predicted molar refractivity (Wildman–Crippen MR) is 62.8 cm³/mol. The summed E-state index contributed by atoms with van der Waals surface area (Å²) in [6.45, 7) is 4.52. The van der Waals surface area contributed by atoms with Crippen molar-refractivity contribution in [3.63, 3.8) is 0 Å². The molecule has 3 N–H and O–H groups in total. The Labute approximate surface area is 94.6 Å². The molecular formula is C10H15ClN4. The SMILES string of the molecule is CC(C)NC(N)=NCc1ccc(Cl)nc1. The van der Waals surface area contributed by atoms with Crippen molar-refractivity contribution < 1.29 is 0 Å². The molecular weight excluding hydrogens is 212 g/mol. The number of guanidine groups is 1. The lowest BCUT2D eigenvalue weighted by Crippen LogP contribution is -2.36. The molecule has 0 radical (unpaired) electrons. The van der Waals surface area contributed by atoms with Gasteiger partial charge >= 0.3 is 0 Å². The van der Waals surface area contributed by atoms with E-state index in [0.717, 1.165) is 5.56 Å². The minimum atomic E-state index is 0.289. The zero-order valence-electron chi connectivity index (χ0n) is 8.87. The summed E-state index contributed by atoms with van der Waals surface area (Å²) in [7, 11) is 0. The van der Waals surface area contributed by atoms with E-state index in [1.807, 2.05) is 19.9 Å². The van der Waals surface area contributed by atoms with Gasteiger partial charge in [-0.2, -0.15) is 0 Å². The van der Waals surface area contributed by atoms with Gasteiger partial charge in [-0.25, -0.2) is 9.98 Å². The van der Waals surface area contributed by atoms with Gasteiger partial charge in [-0.15, -0.1) is 0 Å². The Kier molecular flexibility index (Phi) is 4.37. The highest BCUT2D eigenvalue weighted by molar-refractivity contribution is 6.29. The third-order valence-corrected chi connectivity index (χ3v) is 1.88. The van der Waals surface area contributed by atoms with E-state index in [2.05, 4.69) is 15.3 Å². The molecule has 0 bridgehead atoms. The number of aromatic nitrogens is 1. The van der Waals surface area contributed by atoms with Gasteiger partial charge in [0.05, 0.1) is 6.54 Å². The number of rotatable bonds is 3. The van der Waals surface area contributed by atoms with Gasteiger partial charge in [-0.05, 0) is 25.5 Å². The maximum Gasteiger partial charge on any atom is 0.189 e. The van der Waals surface area contributed by atoms with Gasteiger partial charge in [0.1, 0.15) is 5.15 Å². The Hall–Kier alpha value is -1.29. The Morgan fingerprint density at radius 2 is 2.33 bits per heavy atom. The topological polar surface area (TPSA) is 63.3 Å². The predicted octanol–water partition coefficient (Wildman–Crippen LogP) is 1.55. The molecule has 0 aliphatic rings. The lowest BCUT2D eigenvalue weighted by molar-refractivity contribution is 0.723. The van der Waals surface area contributed by atoms with E-state index in [-0.39, 0.29) is 6.04 Å². The van der Waals surface area contributed by atoms with Crippen molar-refractivity contribution in [3.8, 4) is 0 Å². The van der Waals surface area contributed by atoms with Crippen LogP contribution in [0.2, 0.25) is 5.15 Å². The highest BCUT2D eigenvalue weighted by Crippen LogP contribution is 2.05. The van der Waals surface area contributed by atoms with Crippen LogP contribution in [0.4, 0.5) is 0 Å². The molecule has 0 saturated heterocycles. The fourth-order valence-electron chi connectivity index (χ4n) is 1.02. The quantitative estimate of drug-likeness (QED) is 0.467. The van der Waals surface area contributed by atoms with Crippen LogP contribution in [0.5, 0.6) is 0 Å². The second-order valence-electron chi connectivity index (χ2n) is 3.49. The highest BCUT2D eigenvalue weighted by Gasteiger charge is 1.96. The van der Waals surface area contributed by atoms with Gasteiger partial charge in [0.15, 0.2) is 5.96 Å². The Morgan fingerprint density at radius 3 is 2.87 bits per heavy atom. The summed E-state index contributed by atoms with van der Waals surface area (Å²) in [5, 5.41) is 3.49. The fourth-order valence-corrected chi connectivity index (χ4v) is 1.13. The maximum absolute atomic E-state index is 5.66. The first kappa shape index (κ1) is 11.8. The average molecular weight is 227 g/mol. The smallest absolute Gasteiger partial charge is 0.189 e. The number of nitrogens with two attached hydrogens (primary N) is 1. The molecule has 1 rings (SSSR count). The molecule has 0 aromatic carbocycles. The van der Waals surface area contributed by atoms with Gasteiger partial charge in [0.2, 0.25) is 0 Å². The molecule has 1 heterocycles. The first-order valence-electron chi connectivity index (χ1n) is 4.75. The van der Waals surface area contributed by atoms with Crippen molar-refractivity contribution in [2.24, 2.45) is 10.7 Å². The number of halogens is 1. The van der Waals surface area contributed by atoms with Gasteiger partial charge in [0, 0.05) is 12.2 Å². The van der Waals surface area contributed by atoms with Crippen molar-refractivity contribution in [1.82, 2.24) is 10.3 Å². The van der Waals surface area contributed by atoms with Crippen LogP contribution in [0.1, 0.15) is 19.4 Å². The molecule has 4 nitrogen and oxygen atoms in total. The van der Waals surface area contributed by atoms with E-state index in [1.54, 1.807) is 12.3 Å². The van der Waals surface area contributed by atoms with Crippen molar-refractivity contribution in [3.05, 3.63) is 29.0 Å². The molecule has 0 spiro atoms. The van der Waals surface area contributed by atoms with Gasteiger partial charge < -0.3 is 11.1 Å². The lowest BCUT2D eigenvalue weighted by atomic mass is 10.3. The van der Waals surface area contributed by atoms with Crippen molar-refractivity contribution >= 4 is 17.6 Å². The van der Waals surface area contributed by atoms with Crippen LogP contribution in [0.3, 0.4) is 0 Å². The van der Waals surface area contributed by atoms with Gasteiger partial charge in [-0.1, -0.05) is 17.7 Å². The van der Waals surface area contributed by atoms with Gasteiger partial charge in [0.25, 0.3) is 0 Å². The molecule has 0 fully saturated rings. The zero-order chi connectivity index (χ0) is 11.3. The second kappa shape index (κ2) is 5.56. The van der Waals surface area contributed by atoms with Crippen LogP contribution in [0.15, 0.2) is 23.3 Å². The summed E-state index contributed by atoms with van der Waals surface area (Å²) in [5.41, 5.74) is 6.62. The Morgan fingerprint density at radius 1 is 1.60 bits per heavy atom. The summed E-state index contributed by atoms with van der Waals surface area (Å²) in [6, 6.07) is 3.90. The van der Waals surface area contributed by atoms with Crippen LogP contribution in [0.25, 0.3) is 0 Å². The maximum atomic E-state index is 5.66. The van der Waals surface area contributed by atoms with Crippen LogP contribution in [0, 0.1) is 0 Å². The minimum absolute atomic E-state index is 0.289. The first-order chi connectivity index (χ1) is 7.08. The summed E-state index contributed by atoms with van der Waals surface area (Å²) in [6.07, 6.45) is 1.69. The number of aliphatic imine (C=N–C) groups is 1. The minimum Gasteiger partial charge on any atom is -0.370 e. The molecule has 15 heavy (non-hydrogen) atoms. The number of hydrogen-bond donors (Lipinski definition) is 2. The van der Waals surface area contributed by atoms with Gasteiger partial charge in [-0.3, -0.25) is 0 Å². The molecule has 0 unspecified atom stereocenters. The summed E-state index contributed by atoms with van der Waals surface area (Å²) < 4.78 is 0. The zero-order valence-corrected chi connectivity index (χ0v) is 9.62. The normalized spacial score (nSPS) is 11.9. The van der Waals surface area contributed by atoms with Crippen LogP contribution in [-0.2, 0) is 6.54 Å². The van der Waals surface area contributed by atoms with E-state index in [0.29, 0.717) is 17.7 Å². The second-order valence-corrected chi connectivity index (χ2v) is 3.88. The van der Waals surface area contributed by atoms with E-state index in [9.17, 15) is 0 Å². The molecule has 82 valence electrons. The molecule has 0 saturated carbocycles. The number of nitrogens with one attached hydrogen (secondary N) is 1. The molecule has 0 atom stereocenters. The number of nitrogens with zero attached hydrogens (tertiary/aromatic N) is 2. The van der Waals surface area contributed by atoms with Crippen LogP contribution in [-0.4, -0.2) is 17.0 Å². The van der Waals surface area contributed by atoms with E-state index in [1.165, 1.54) is 0 Å². The largest absolute Gasteiger partial charge is 0.370 e. The van der Waals surface area contributed by atoms with Crippen molar-refractivity contribution in [2.45, 2.75) is 26.4 Å². The Balaban J connectivity index is 2.52. The molecule has 0 aliphatic heterocycles. The first-order valence-corrected chi connectivity index (χ1v) is 5.12. The summed E-state index contributed by atoms with van der Waals surface area (Å²) >= 11 is 5.66. The summed E-state index contributed by atoms with van der Waals surface area (Å²) in [4.78, 5) is 8.12. The standard InChI is InChI=1S/C10H15ClN4/c1-7(2)15-10(12)14-6-8-3-4-9(11)13-5-8/h3-5,7H,6H2,1-2H3,(H3,12,14,15). The van der Waals surface area contributed by atoms with E-state index >= 15 is 0 Å². The molecule has 0 aliphatic carbocycles. The third-order valence-electron chi connectivity index (χ3n) is 1.66. The van der Waals surface area contributed by atoms with Crippen LogP contribution < -0.4 is 11.1 Å². The molecule has 0 amide bonds. The van der Waals surface area contributed by atoms with Crippen molar-refractivity contribution in [2.75, 3.05) is 0 Å². The third kappa shape index (κ3) is 4.65.